The first-order chi connectivity index (χ1) is 16.1. The molecule has 1 N–H and O–H groups in total. The van der Waals surface area contributed by atoms with Crippen LogP contribution in [0.3, 0.4) is 0 Å². The summed E-state index contributed by atoms with van der Waals surface area (Å²) in [5.74, 6) is 1.64. The molecule has 0 spiro atoms. The molecule has 2 heterocycles. The van der Waals surface area contributed by atoms with E-state index in [0.717, 1.165) is 25.4 Å². The Balaban J connectivity index is 1.35. The van der Waals surface area contributed by atoms with Crippen LogP contribution in [-0.4, -0.2) is 62.7 Å². The predicted molar refractivity (Wildman–Crippen MR) is 126 cm³/mol. The van der Waals surface area contributed by atoms with Gasteiger partial charge < -0.3 is 29.3 Å². The van der Waals surface area contributed by atoms with E-state index in [0.29, 0.717) is 36.0 Å². The maximum absolute atomic E-state index is 12.6. The number of fused-ring (bicyclic) bond motifs is 1. The van der Waals surface area contributed by atoms with E-state index in [2.05, 4.69) is 10.2 Å². The third-order valence-electron chi connectivity index (χ3n) is 5.78. The third-order valence-corrected chi connectivity index (χ3v) is 5.78. The summed E-state index contributed by atoms with van der Waals surface area (Å²) >= 11 is 0. The molecule has 2 aliphatic heterocycles. The molecule has 33 heavy (non-hydrogen) atoms. The monoisotopic (exact) mass is 453 g/mol. The first kappa shape index (κ1) is 22.9. The molecule has 1 fully saturated rings. The molecule has 0 unspecified atom stereocenters. The standard InChI is InChI=1S/C25H31N3O5/c1-2-31-20-7-9-21(10-8-20)32-17-24(29)26-19-6-11-23-22(16-19)28(25(30)18-33-23)15-14-27-12-4-3-5-13-27/h6-11,16H,2-5,12-15,17-18H2,1H3,(H,26,29). The van der Waals surface area contributed by atoms with Crippen molar-refractivity contribution in [1.29, 1.82) is 0 Å². The van der Waals surface area contributed by atoms with E-state index in [9.17, 15) is 9.59 Å². The largest absolute Gasteiger partial charge is 0.494 e. The molecule has 0 saturated carbocycles. The summed E-state index contributed by atoms with van der Waals surface area (Å²) in [7, 11) is 0. The number of benzene rings is 2. The van der Waals surface area contributed by atoms with Gasteiger partial charge in [-0.15, -0.1) is 0 Å². The van der Waals surface area contributed by atoms with Gasteiger partial charge in [-0.3, -0.25) is 9.59 Å². The van der Waals surface area contributed by atoms with Crippen LogP contribution in [0.15, 0.2) is 42.5 Å². The Kier molecular flexibility index (Phi) is 7.67. The van der Waals surface area contributed by atoms with Crippen molar-refractivity contribution in [2.75, 3.05) is 56.2 Å². The minimum absolute atomic E-state index is 0.0363. The lowest BCUT2D eigenvalue weighted by atomic mass is 10.1. The second-order valence-electron chi connectivity index (χ2n) is 8.16. The van der Waals surface area contributed by atoms with Crippen LogP contribution < -0.4 is 24.4 Å². The Morgan fingerprint density at radius 2 is 1.73 bits per heavy atom. The Labute approximate surface area is 194 Å². The fourth-order valence-electron chi connectivity index (χ4n) is 4.09. The highest BCUT2D eigenvalue weighted by Crippen LogP contribution is 2.34. The highest BCUT2D eigenvalue weighted by atomic mass is 16.5. The number of hydrogen-bond acceptors (Lipinski definition) is 6. The summed E-state index contributed by atoms with van der Waals surface area (Å²) in [6, 6.07) is 12.5. The molecule has 0 radical (unpaired) electrons. The Morgan fingerprint density at radius 3 is 2.45 bits per heavy atom. The molecule has 0 bridgehead atoms. The van der Waals surface area contributed by atoms with Gasteiger partial charge in [-0.2, -0.15) is 0 Å². The maximum atomic E-state index is 12.6. The van der Waals surface area contributed by atoms with Gasteiger partial charge in [0.25, 0.3) is 11.8 Å². The van der Waals surface area contributed by atoms with Gasteiger partial charge in [0.05, 0.1) is 12.3 Å². The number of ether oxygens (including phenoxy) is 3. The molecule has 8 heteroatoms. The highest BCUT2D eigenvalue weighted by Gasteiger charge is 2.26. The zero-order valence-corrected chi connectivity index (χ0v) is 19.0. The van der Waals surface area contributed by atoms with Crippen molar-refractivity contribution in [3.05, 3.63) is 42.5 Å². The normalized spacial score (nSPS) is 16.0. The van der Waals surface area contributed by atoms with Crippen molar-refractivity contribution in [2.24, 2.45) is 0 Å². The van der Waals surface area contributed by atoms with Crippen LogP contribution in [0, 0.1) is 0 Å². The van der Waals surface area contributed by atoms with Gasteiger partial charge in [0, 0.05) is 18.8 Å². The Hall–Kier alpha value is -3.26. The molecule has 0 atom stereocenters. The molecular formula is C25H31N3O5. The molecule has 176 valence electrons. The molecule has 0 aromatic heterocycles. The zero-order valence-electron chi connectivity index (χ0n) is 19.0. The lowest BCUT2D eigenvalue weighted by Gasteiger charge is -2.33. The summed E-state index contributed by atoms with van der Waals surface area (Å²) in [6.07, 6.45) is 3.70. The van der Waals surface area contributed by atoms with Crippen molar-refractivity contribution < 1.29 is 23.8 Å². The number of likely N-dealkylation sites (tertiary alicyclic amines) is 1. The fraction of sp³-hybridized carbons (Fsp3) is 0.440. The smallest absolute Gasteiger partial charge is 0.265 e. The number of piperidine rings is 1. The second kappa shape index (κ2) is 11.0. The number of nitrogens with one attached hydrogen (secondary N) is 1. The summed E-state index contributed by atoms with van der Waals surface area (Å²) < 4.78 is 16.6. The minimum Gasteiger partial charge on any atom is -0.494 e. The van der Waals surface area contributed by atoms with Crippen molar-refractivity contribution in [1.82, 2.24) is 4.90 Å². The Morgan fingerprint density at radius 1 is 1.00 bits per heavy atom. The molecule has 1 saturated heterocycles. The molecule has 0 aliphatic carbocycles. The highest BCUT2D eigenvalue weighted by molar-refractivity contribution is 5.99. The van der Waals surface area contributed by atoms with Crippen LogP contribution in [0.1, 0.15) is 26.2 Å². The first-order valence-electron chi connectivity index (χ1n) is 11.6. The van der Waals surface area contributed by atoms with Crippen molar-refractivity contribution in [2.45, 2.75) is 26.2 Å². The van der Waals surface area contributed by atoms with Crippen LogP contribution in [0.5, 0.6) is 17.2 Å². The number of hydrogen-bond donors (Lipinski definition) is 1. The van der Waals surface area contributed by atoms with Crippen molar-refractivity contribution in [3.63, 3.8) is 0 Å². The number of nitrogens with zero attached hydrogens (tertiary/aromatic N) is 2. The van der Waals surface area contributed by atoms with E-state index in [1.807, 2.05) is 6.92 Å². The molecule has 2 aromatic carbocycles. The zero-order chi connectivity index (χ0) is 23.0. The third kappa shape index (κ3) is 6.16. The van der Waals surface area contributed by atoms with Crippen LogP contribution in [0.25, 0.3) is 0 Å². The average molecular weight is 454 g/mol. The van der Waals surface area contributed by atoms with Gasteiger partial charge in [0.15, 0.2) is 13.2 Å². The molecule has 4 rings (SSSR count). The lowest BCUT2D eigenvalue weighted by molar-refractivity contribution is -0.121. The van der Waals surface area contributed by atoms with Gasteiger partial charge >= 0.3 is 0 Å². The number of rotatable bonds is 9. The van der Waals surface area contributed by atoms with Crippen LogP contribution in [0.2, 0.25) is 0 Å². The molecule has 2 amide bonds. The van der Waals surface area contributed by atoms with Crippen LogP contribution in [-0.2, 0) is 9.59 Å². The number of carbonyl (C=O) groups excluding carboxylic acids is 2. The number of anilines is 2. The van der Waals surface area contributed by atoms with Gasteiger partial charge in [-0.1, -0.05) is 6.42 Å². The lowest BCUT2D eigenvalue weighted by Crippen LogP contribution is -2.44. The van der Waals surface area contributed by atoms with Crippen LogP contribution in [0.4, 0.5) is 11.4 Å². The minimum atomic E-state index is -0.285. The van der Waals surface area contributed by atoms with E-state index in [4.69, 9.17) is 14.2 Å². The van der Waals surface area contributed by atoms with E-state index in [1.165, 1.54) is 19.3 Å². The molecule has 2 aliphatic rings. The maximum Gasteiger partial charge on any atom is 0.265 e. The van der Waals surface area contributed by atoms with E-state index >= 15 is 0 Å². The van der Waals surface area contributed by atoms with E-state index in [-0.39, 0.29) is 25.0 Å². The van der Waals surface area contributed by atoms with Gasteiger partial charge in [0.1, 0.15) is 17.2 Å². The Bertz CT molecular complexity index is 957. The summed E-state index contributed by atoms with van der Waals surface area (Å²) in [4.78, 5) is 29.1. The molecule has 8 nitrogen and oxygen atoms in total. The van der Waals surface area contributed by atoms with Gasteiger partial charge in [-0.25, -0.2) is 0 Å². The van der Waals surface area contributed by atoms with E-state index in [1.54, 1.807) is 47.4 Å². The summed E-state index contributed by atoms with van der Waals surface area (Å²) in [6.45, 7) is 6.02. The molecular weight excluding hydrogens is 422 g/mol. The van der Waals surface area contributed by atoms with Crippen molar-refractivity contribution in [3.8, 4) is 17.2 Å². The quantitative estimate of drug-likeness (QED) is 0.628. The number of carbonyl (C=O) groups is 2. The average Bonchev–Trinajstić information content (AvgIpc) is 2.84. The van der Waals surface area contributed by atoms with Crippen LogP contribution >= 0.6 is 0 Å². The van der Waals surface area contributed by atoms with E-state index < -0.39 is 0 Å². The van der Waals surface area contributed by atoms with Gasteiger partial charge in [0.2, 0.25) is 0 Å². The summed E-state index contributed by atoms with van der Waals surface area (Å²) in [5, 5.41) is 2.84. The fourth-order valence-corrected chi connectivity index (χ4v) is 4.09. The summed E-state index contributed by atoms with van der Waals surface area (Å²) in [5.41, 5.74) is 1.28. The van der Waals surface area contributed by atoms with Crippen molar-refractivity contribution >= 4 is 23.2 Å². The second-order valence-corrected chi connectivity index (χ2v) is 8.16. The predicted octanol–water partition coefficient (Wildman–Crippen LogP) is 3.31. The molecule has 2 aromatic rings. The number of amides is 2. The first-order valence-corrected chi connectivity index (χ1v) is 11.6. The SMILES string of the molecule is CCOc1ccc(OCC(=O)Nc2ccc3c(c2)N(CCN2CCCCC2)C(=O)CO3)cc1. The topological polar surface area (TPSA) is 80.3 Å². The van der Waals surface area contributed by atoms with Gasteiger partial charge in [-0.05, 0) is 75.3 Å².